The van der Waals surface area contributed by atoms with Gasteiger partial charge in [0.15, 0.2) is 0 Å². The van der Waals surface area contributed by atoms with Crippen molar-refractivity contribution in [3.05, 3.63) is 29.8 Å². The number of thioether (sulfide) groups is 1. The molecule has 0 radical (unpaired) electrons. The lowest BCUT2D eigenvalue weighted by Gasteiger charge is -2.12. The Morgan fingerprint density at radius 1 is 1.35 bits per heavy atom. The zero-order chi connectivity index (χ0) is 14.7. The number of nitrogens with one attached hydrogen (secondary N) is 2. The molecule has 0 spiro atoms. The molecule has 20 heavy (non-hydrogen) atoms. The number of hydrogen-bond donors (Lipinski definition) is 2. The lowest BCUT2D eigenvalue weighted by molar-refractivity contribution is -0.119. The van der Waals surface area contributed by atoms with E-state index in [2.05, 4.69) is 10.6 Å². The highest BCUT2D eigenvalue weighted by Gasteiger charge is 2.25. The summed E-state index contributed by atoms with van der Waals surface area (Å²) in [5.74, 6) is -1.92. The molecule has 1 unspecified atom stereocenters. The first-order valence-electron chi connectivity index (χ1n) is 6.19. The summed E-state index contributed by atoms with van der Waals surface area (Å²) in [5.41, 5.74) is 0. The number of rotatable bonds is 4. The molecule has 1 aliphatic carbocycles. The Balaban J connectivity index is 1.87. The van der Waals surface area contributed by atoms with Crippen molar-refractivity contribution in [3.8, 4) is 0 Å². The number of hydrogen-bond acceptors (Lipinski definition) is 3. The van der Waals surface area contributed by atoms with Crippen LogP contribution in [0, 0.1) is 11.6 Å². The summed E-state index contributed by atoms with van der Waals surface area (Å²) in [6.45, 7) is 1.55. The highest BCUT2D eigenvalue weighted by atomic mass is 32.2. The standard InChI is InChI=1S/C13H14F2N2O2S/c1-7(12(18)17-13(19)16-9-3-4-9)20-11-5-2-8(14)6-10(11)15/h2,5-7,9H,3-4H2,1H3,(H2,16,17,18,19). The molecule has 108 valence electrons. The van der Waals surface area contributed by atoms with Gasteiger partial charge in [-0.3, -0.25) is 10.1 Å². The Hall–Kier alpha value is -1.63. The Morgan fingerprint density at radius 3 is 2.65 bits per heavy atom. The van der Waals surface area contributed by atoms with Crippen LogP contribution in [0.5, 0.6) is 0 Å². The maximum absolute atomic E-state index is 13.4. The molecule has 0 bridgehead atoms. The van der Waals surface area contributed by atoms with Crippen LogP contribution in [0.25, 0.3) is 0 Å². The normalized spacial score (nSPS) is 15.6. The molecule has 0 aromatic heterocycles. The molecule has 1 saturated carbocycles. The van der Waals surface area contributed by atoms with Crippen molar-refractivity contribution >= 4 is 23.7 Å². The molecule has 4 nitrogen and oxygen atoms in total. The smallest absolute Gasteiger partial charge is 0.321 e. The minimum Gasteiger partial charge on any atom is -0.335 e. The van der Waals surface area contributed by atoms with Gasteiger partial charge in [0, 0.05) is 17.0 Å². The SMILES string of the molecule is CC(Sc1ccc(F)cc1F)C(=O)NC(=O)NC1CC1. The Morgan fingerprint density at radius 2 is 2.05 bits per heavy atom. The number of halogens is 2. The van der Waals surface area contributed by atoms with Gasteiger partial charge in [-0.2, -0.15) is 0 Å². The number of amides is 3. The highest BCUT2D eigenvalue weighted by molar-refractivity contribution is 8.00. The summed E-state index contributed by atoms with van der Waals surface area (Å²) in [4.78, 5) is 23.3. The van der Waals surface area contributed by atoms with E-state index in [1.54, 1.807) is 6.92 Å². The van der Waals surface area contributed by atoms with Gasteiger partial charge in [0.1, 0.15) is 11.6 Å². The van der Waals surface area contributed by atoms with E-state index in [0.29, 0.717) is 0 Å². The maximum Gasteiger partial charge on any atom is 0.321 e. The van der Waals surface area contributed by atoms with Crippen LogP contribution < -0.4 is 10.6 Å². The van der Waals surface area contributed by atoms with E-state index >= 15 is 0 Å². The van der Waals surface area contributed by atoms with Crippen LogP contribution in [0.1, 0.15) is 19.8 Å². The van der Waals surface area contributed by atoms with Gasteiger partial charge < -0.3 is 5.32 Å². The third-order valence-corrected chi connectivity index (χ3v) is 3.87. The van der Waals surface area contributed by atoms with Gasteiger partial charge in [0.2, 0.25) is 5.91 Å². The lowest BCUT2D eigenvalue weighted by Crippen LogP contribution is -2.43. The first-order chi connectivity index (χ1) is 9.45. The number of urea groups is 1. The molecular weight excluding hydrogens is 286 g/mol. The van der Waals surface area contributed by atoms with Crippen molar-refractivity contribution < 1.29 is 18.4 Å². The van der Waals surface area contributed by atoms with Crippen molar-refractivity contribution in [1.82, 2.24) is 10.6 Å². The van der Waals surface area contributed by atoms with Gasteiger partial charge in [-0.05, 0) is 31.9 Å². The second kappa shape index (κ2) is 6.21. The van der Waals surface area contributed by atoms with Crippen molar-refractivity contribution in [1.29, 1.82) is 0 Å². The van der Waals surface area contributed by atoms with Crippen LogP contribution in [0.4, 0.5) is 13.6 Å². The third kappa shape index (κ3) is 4.19. The molecule has 1 fully saturated rings. The van der Waals surface area contributed by atoms with Crippen LogP contribution in [-0.4, -0.2) is 23.2 Å². The van der Waals surface area contributed by atoms with E-state index < -0.39 is 28.8 Å². The first-order valence-corrected chi connectivity index (χ1v) is 7.06. The molecule has 3 amide bonds. The van der Waals surface area contributed by atoms with Gasteiger partial charge in [0.05, 0.1) is 5.25 Å². The molecule has 0 aliphatic heterocycles. The first kappa shape index (κ1) is 14.8. The fourth-order valence-electron chi connectivity index (χ4n) is 1.48. The Bertz CT molecular complexity index is 535. The second-order valence-corrected chi connectivity index (χ2v) is 5.95. The molecule has 1 aromatic carbocycles. The summed E-state index contributed by atoms with van der Waals surface area (Å²) < 4.78 is 26.2. The summed E-state index contributed by atoms with van der Waals surface area (Å²) >= 11 is 0.930. The van der Waals surface area contributed by atoms with E-state index in [9.17, 15) is 18.4 Å². The van der Waals surface area contributed by atoms with Crippen molar-refractivity contribution in [2.45, 2.75) is 36.0 Å². The average molecular weight is 300 g/mol. The van der Waals surface area contributed by atoms with E-state index in [1.165, 1.54) is 6.07 Å². The molecule has 1 aromatic rings. The second-order valence-electron chi connectivity index (χ2n) is 4.57. The summed E-state index contributed by atoms with van der Waals surface area (Å²) in [5, 5.41) is 4.15. The van der Waals surface area contributed by atoms with Gasteiger partial charge in [0.25, 0.3) is 0 Å². The summed E-state index contributed by atoms with van der Waals surface area (Å²) in [7, 11) is 0. The molecule has 2 N–H and O–H groups in total. The minimum absolute atomic E-state index is 0.153. The molecular formula is C13H14F2N2O2S. The van der Waals surface area contributed by atoms with Crippen LogP contribution in [-0.2, 0) is 4.79 Å². The van der Waals surface area contributed by atoms with Crippen molar-refractivity contribution in [2.75, 3.05) is 0 Å². The van der Waals surface area contributed by atoms with Crippen molar-refractivity contribution in [2.24, 2.45) is 0 Å². The van der Waals surface area contributed by atoms with Gasteiger partial charge in [-0.15, -0.1) is 11.8 Å². The predicted octanol–water partition coefficient (Wildman–Crippen LogP) is 2.43. The largest absolute Gasteiger partial charge is 0.335 e. The Labute approximate surface area is 119 Å². The van der Waals surface area contributed by atoms with Gasteiger partial charge >= 0.3 is 6.03 Å². The lowest BCUT2D eigenvalue weighted by atomic mass is 10.3. The van der Waals surface area contributed by atoms with Gasteiger partial charge in [-0.25, -0.2) is 13.6 Å². The Kier molecular flexibility index (Phi) is 4.59. The maximum atomic E-state index is 13.4. The zero-order valence-electron chi connectivity index (χ0n) is 10.8. The fourth-order valence-corrected chi connectivity index (χ4v) is 2.34. The quantitative estimate of drug-likeness (QED) is 0.840. The summed E-state index contributed by atoms with van der Waals surface area (Å²) in [6, 6.07) is 2.76. The molecule has 7 heteroatoms. The van der Waals surface area contributed by atoms with Crippen LogP contribution in [0.15, 0.2) is 23.1 Å². The van der Waals surface area contributed by atoms with E-state index in [0.717, 1.165) is 36.7 Å². The van der Waals surface area contributed by atoms with Crippen molar-refractivity contribution in [3.63, 3.8) is 0 Å². The summed E-state index contributed by atoms with van der Waals surface area (Å²) in [6.07, 6.45) is 1.85. The minimum atomic E-state index is -0.725. The third-order valence-electron chi connectivity index (χ3n) is 2.72. The molecule has 2 rings (SSSR count). The fraction of sp³-hybridized carbons (Fsp3) is 0.385. The van der Waals surface area contributed by atoms with Gasteiger partial charge in [-0.1, -0.05) is 0 Å². The van der Waals surface area contributed by atoms with Crippen LogP contribution in [0.2, 0.25) is 0 Å². The van der Waals surface area contributed by atoms with Crippen LogP contribution >= 0.6 is 11.8 Å². The predicted molar refractivity (Wildman–Crippen MR) is 71.4 cm³/mol. The van der Waals surface area contributed by atoms with E-state index in [1.807, 2.05) is 0 Å². The monoisotopic (exact) mass is 300 g/mol. The zero-order valence-corrected chi connectivity index (χ0v) is 11.6. The number of carbonyl (C=O) groups excluding carboxylic acids is 2. The van der Waals surface area contributed by atoms with Crippen LogP contribution in [0.3, 0.4) is 0 Å². The molecule has 0 heterocycles. The number of carbonyl (C=O) groups is 2. The molecule has 0 saturated heterocycles. The van der Waals surface area contributed by atoms with E-state index in [4.69, 9.17) is 0 Å². The van der Waals surface area contributed by atoms with E-state index in [-0.39, 0.29) is 10.9 Å². The molecule has 1 atom stereocenters. The number of imide groups is 1. The average Bonchev–Trinajstić information content (AvgIpc) is 3.16. The topological polar surface area (TPSA) is 58.2 Å². The highest BCUT2D eigenvalue weighted by Crippen LogP contribution is 2.26. The molecule has 1 aliphatic rings. The number of benzene rings is 1.